The first-order valence-corrected chi connectivity index (χ1v) is 4.16. The maximum absolute atomic E-state index is 10.4. The largest absolute Gasteiger partial charge is 0.351 e. The van der Waals surface area contributed by atoms with Gasteiger partial charge < -0.3 is 11.1 Å². The Bertz CT molecular complexity index is 316. The molecule has 0 heterocycles. The van der Waals surface area contributed by atoms with E-state index in [1.54, 1.807) is 18.2 Å². The lowest BCUT2D eigenvalue weighted by Crippen LogP contribution is -2.19. The number of carbonyl (C=O) groups is 1. The molecule has 1 rings (SSSR count). The monoisotopic (exact) mass is 202 g/mol. The van der Waals surface area contributed by atoms with E-state index >= 15 is 0 Å². The lowest BCUT2D eigenvalue weighted by molar-refractivity contribution is 0.259. The smallest absolute Gasteiger partial charge is 0.316 e. The minimum atomic E-state index is -0.595. The summed E-state index contributed by atoms with van der Waals surface area (Å²) in [5, 5.41) is 3.87. The highest BCUT2D eigenvalue weighted by molar-refractivity contribution is 7.28. The number of nitrogens with one attached hydrogen (secondary N) is 1. The Morgan fingerprint density at radius 3 is 2.75 bits per heavy atom. The van der Waals surface area contributed by atoms with Crippen LogP contribution in [0.4, 0.5) is 10.5 Å². The summed E-state index contributed by atoms with van der Waals surface area (Å²) in [5.41, 5.74) is 5.51. The molecule has 2 amide bonds. The van der Waals surface area contributed by atoms with Crippen molar-refractivity contribution in [2.45, 2.75) is 0 Å². The molecule has 64 valence electrons. The number of rotatable bonds is 1. The van der Waals surface area contributed by atoms with Crippen molar-refractivity contribution < 1.29 is 4.79 Å². The van der Waals surface area contributed by atoms with Crippen LogP contribution in [0.2, 0.25) is 5.02 Å². The van der Waals surface area contributed by atoms with Gasteiger partial charge >= 0.3 is 6.03 Å². The number of carbonyl (C=O) groups excluding carboxylic acids is 1. The Hall–Kier alpha value is -0.790. The van der Waals surface area contributed by atoms with Crippen LogP contribution in [-0.2, 0) is 0 Å². The molecule has 3 N–H and O–H groups in total. The van der Waals surface area contributed by atoms with E-state index in [0.29, 0.717) is 10.7 Å². The van der Waals surface area contributed by atoms with Crippen molar-refractivity contribution in [2.24, 2.45) is 5.73 Å². The average Bonchev–Trinajstić information content (AvgIpc) is 1.96. The van der Waals surface area contributed by atoms with Gasteiger partial charge in [0.05, 0.1) is 0 Å². The Balaban J connectivity index is 2.89. The van der Waals surface area contributed by atoms with Crippen molar-refractivity contribution in [1.29, 1.82) is 0 Å². The highest BCUT2D eigenvalue weighted by atomic mass is 35.5. The Morgan fingerprint density at radius 2 is 2.25 bits per heavy atom. The summed E-state index contributed by atoms with van der Waals surface area (Å²) in [7, 11) is 2.48. The molecule has 1 unspecified atom stereocenters. The summed E-state index contributed by atoms with van der Waals surface area (Å²) < 4.78 is 0. The fraction of sp³-hybridized carbons (Fsp3) is 0. The van der Waals surface area contributed by atoms with Crippen LogP contribution in [0.15, 0.2) is 18.2 Å². The predicted molar refractivity (Wildman–Crippen MR) is 54.0 cm³/mol. The van der Waals surface area contributed by atoms with E-state index in [-0.39, 0.29) is 0 Å². The van der Waals surface area contributed by atoms with Gasteiger partial charge in [-0.25, -0.2) is 4.79 Å². The summed E-state index contributed by atoms with van der Waals surface area (Å²) in [5.74, 6) is 0. The van der Waals surface area contributed by atoms with Crippen LogP contribution in [0.3, 0.4) is 0 Å². The maximum atomic E-state index is 10.4. The van der Waals surface area contributed by atoms with Crippen LogP contribution in [0.25, 0.3) is 0 Å². The van der Waals surface area contributed by atoms with E-state index < -0.39 is 6.03 Å². The second-order valence-corrected chi connectivity index (χ2v) is 3.25. The van der Waals surface area contributed by atoms with E-state index in [2.05, 4.69) is 14.6 Å². The van der Waals surface area contributed by atoms with E-state index in [1.165, 1.54) is 0 Å². The van der Waals surface area contributed by atoms with Crippen LogP contribution in [0.1, 0.15) is 0 Å². The van der Waals surface area contributed by atoms with Crippen molar-refractivity contribution >= 4 is 37.9 Å². The third kappa shape index (κ3) is 2.36. The molecule has 0 spiro atoms. The number of amides is 2. The number of primary amides is 1. The molecular weight excluding hydrogens is 195 g/mol. The van der Waals surface area contributed by atoms with Gasteiger partial charge in [0.1, 0.15) is 0 Å². The molecule has 1 aromatic carbocycles. The number of halogens is 1. The fourth-order valence-corrected chi connectivity index (χ4v) is 1.11. The Morgan fingerprint density at radius 1 is 1.58 bits per heavy atom. The van der Waals surface area contributed by atoms with E-state index in [0.717, 1.165) is 5.30 Å². The first-order chi connectivity index (χ1) is 5.59. The van der Waals surface area contributed by atoms with Gasteiger partial charge in [0.25, 0.3) is 0 Å². The third-order valence-electron chi connectivity index (χ3n) is 1.27. The molecule has 0 saturated heterocycles. The first-order valence-electron chi connectivity index (χ1n) is 3.21. The van der Waals surface area contributed by atoms with Crippen molar-refractivity contribution in [2.75, 3.05) is 5.32 Å². The van der Waals surface area contributed by atoms with Gasteiger partial charge in [0.15, 0.2) is 0 Å². The summed E-state index contributed by atoms with van der Waals surface area (Å²) >= 11 is 5.78. The quantitative estimate of drug-likeness (QED) is 0.664. The number of hydrogen-bond acceptors (Lipinski definition) is 1. The van der Waals surface area contributed by atoms with Gasteiger partial charge in [-0.2, -0.15) is 0 Å². The van der Waals surface area contributed by atoms with Gasteiger partial charge in [-0.1, -0.05) is 17.7 Å². The number of nitrogens with two attached hydrogens (primary N) is 1. The summed E-state index contributed by atoms with van der Waals surface area (Å²) in [6, 6.07) is 4.54. The molecule has 0 aromatic heterocycles. The molecule has 3 nitrogen and oxygen atoms in total. The van der Waals surface area contributed by atoms with E-state index in [9.17, 15) is 4.79 Å². The zero-order valence-electron chi connectivity index (χ0n) is 6.17. The molecular formula is C7H8ClN2OP. The van der Waals surface area contributed by atoms with Gasteiger partial charge in [0, 0.05) is 10.7 Å². The normalized spacial score (nSPS) is 9.50. The second kappa shape index (κ2) is 3.74. The standard InChI is InChI=1S/C7H8ClN2OP/c8-5-3-4(10-7(9)11)1-2-6(5)12/h1-3H,12H2,(H3,9,10,11). The maximum Gasteiger partial charge on any atom is 0.316 e. The highest BCUT2D eigenvalue weighted by Gasteiger charge is 1.98. The van der Waals surface area contributed by atoms with Crippen molar-refractivity contribution in [1.82, 2.24) is 0 Å². The second-order valence-electron chi connectivity index (χ2n) is 2.23. The van der Waals surface area contributed by atoms with Crippen molar-refractivity contribution in [3.8, 4) is 0 Å². The van der Waals surface area contributed by atoms with Crippen molar-refractivity contribution in [3.63, 3.8) is 0 Å². The van der Waals surface area contributed by atoms with Gasteiger partial charge in [-0.3, -0.25) is 0 Å². The number of benzene rings is 1. The van der Waals surface area contributed by atoms with Crippen LogP contribution >= 0.6 is 20.8 Å². The molecule has 0 fully saturated rings. The molecule has 1 aromatic rings. The molecule has 5 heteroatoms. The topological polar surface area (TPSA) is 55.1 Å². The summed E-state index contributed by atoms with van der Waals surface area (Å²) in [6.45, 7) is 0. The molecule has 0 aliphatic rings. The van der Waals surface area contributed by atoms with E-state index in [4.69, 9.17) is 17.3 Å². The lowest BCUT2D eigenvalue weighted by atomic mass is 10.3. The number of anilines is 1. The molecule has 0 radical (unpaired) electrons. The highest BCUT2D eigenvalue weighted by Crippen LogP contribution is 2.14. The van der Waals surface area contributed by atoms with Crippen molar-refractivity contribution in [3.05, 3.63) is 23.2 Å². The summed E-state index contributed by atoms with van der Waals surface area (Å²) in [6.07, 6.45) is 0. The Kier molecular flexibility index (Phi) is 2.90. The van der Waals surface area contributed by atoms with E-state index in [1.807, 2.05) is 0 Å². The molecule has 12 heavy (non-hydrogen) atoms. The molecule has 1 atom stereocenters. The third-order valence-corrected chi connectivity index (χ3v) is 2.28. The fourth-order valence-electron chi connectivity index (χ4n) is 0.747. The molecule has 0 aliphatic heterocycles. The molecule has 0 aliphatic carbocycles. The minimum Gasteiger partial charge on any atom is -0.351 e. The van der Waals surface area contributed by atoms with Crippen LogP contribution in [0.5, 0.6) is 0 Å². The Labute approximate surface area is 77.5 Å². The predicted octanol–water partition coefficient (Wildman–Crippen LogP) is 1.33. The van der Waals surface area contributed by atoms with Gasteiger partial charge in [-0.05, 0) is 17.4 Å². The lowest BCUT2D eigenvalue weighted by Gasteiger charge is -2.02. The average molecular weight is 203 g/mol. The minimum absolute atomic E-state index is 0.575. The van der Waals surface area contributed by atoms with Gasteiger partial charge in [-0.15, -0.1) is 9.24 Å². The molecule has 0 bridgehead atoms. The number of urea groups is 1. The SMILES string of the molecule is NC(=O)Nc1ccc(P)c(Cl)c1. The zero-order valence-corrected chi connectivity index (χ0v) is 8.08. The number of hydrogen-bond donors (Lipinski definition) is 2. The van der Waals surface area contributed by atoms with Crippen LogP contribution in [-0.4, -0.2) is 6.03 Å². The zero-order chi connectivity index (χ0) is 9.14. The van der Waals surface area contributed by atoms with Gasteiger partial charge in [0.2, 0.25) is 0 Å². The first kappa shape index (κ1) is 9.30. The molecule has 0 saturated carbocycles. The van der Waals surface area contributed by atoms with Crippen LogP contribution < -0.4 is 16.4 Å². The summed E-state index contributed by atoms with van der Waals surface area (Å²) in [4.78, 5) is 10.4. The van der Waals surface area contributed by atoms with Crippen LogP contribution in [0, 0.1) is 0 Å².